The van der Waals surface area contributed by atoms with E-state index in [0.717, 1.165) is 30.5 Å². The highest BCUT2D eigenvalue weighted by Gasteiger charge is 2.28. The quantitative estimate of drug-likeness (QED) is 0.900. The summed E-state index contributed by atoms with van der Waals surface area (Å²) >= 11 is 3.46. The Morgan fingerprint density at radius 3 is 3.05 bits per heavy atom. The molecule has 0 bridgehead atoms. The Labute approximate surface area is 132 Å². The average molecular weight is 355 g/mol. The Kier molecular flexibility index (Phi) is 4.35. The lowest BCUT2D eigenvalue weighted by Gasteiger charge is -2.22. The van der Waals surface area contributed by atoms with E-state index in [2.05, 4.69) is 21.2 Å². The number of carbonyl (C=O) groups is 1. The van der Waals surface area contributed by atoms with Gasteiger partial charge in [-0.05, 0) is 54.0 Å². The van der Waals surface area contributed by atoms with E-state index in [0.29, 0.717) is 36.2 Å². The summed E-state index contributed by atoms with van der Waals surface area (Å²) in [6, 6.07) is 3.61. The fourth-order valence-corrected chi connectivity index (χ4v) is 3.45. The molecule has 21 heavy (non-hydrogen) atoms. The van der Waals surface area contributed by atoms with E-state index in [1.165, 1.54) is 0 Å². The monoisotopic (exact) mass is 354 g/mol. The molecule has 1 unspecified atom stereocenters. The maximum atomic E-state index is 12.6. The average Bonchev–Trinajstić information content (AvgIpc) is 2.95. The predicted octanol–water partition coefficient (Wildman–Crippen LogP) is 1.90. The van der Waals surface area contributed by atoms with Crippen molar-refractivity contribution >= 4 is 21.8 Å². The van der Waals surface area contributed by atoms with Crippen LogP contribution in [-0.2, 0) is 0 Å². The number of carbonyl (C=O) groups excluding carboxylic acids is 1. The van der Waals surface area contributed by atoms with Crippen LogP contribution in [-0.4, -0.2) is 50.7 Å². The van der Waals surface area contributed by atoms with Gasteiger partial charge in [0.1, 0.15) is 13.2 Å². The van der Waals surface area contributed by atoms with Crippen LogP contribution in [0, 0.1) is 5.92 Å². The molecule has 1 N–H and O–H groups in total. The van der Waals surface area contributed by atoms with Crippen molar-refractivity contribution in [2.75, 3.05) is 39.9 Å². The first-order chi connectivity index (χ1) is 10.2. The molecule has 0 saturated carbocycles. The van der Waals surface area contributed by atoms with Gasteiger partial charge in [-0.25, -0.2) is 0 Å². The van der Waals surface area contributed by atoms with Gasteiger partial charge in [-0.1, -0.05) is 0 Å². The van der Waals surface area contributed by atoms with Crippen molar-refractivity contribution in [2.24, 2.45) is 5.92 Å². The van der Waals surface area contributed by atoms with Crippen molar-refractivity contribution in [3.05, 3.63) is 22.2 Å². The number of amides is 1. The van der Waals surface area contributed by atoms with E-state index in [1.807, 2.05) is 18.0 Å². The van der Waals surface area contributed by atoms with Gasteiger partial charge in [0.2, 0.25) is 0 Å². The van der Waals surface area contributed by atoms with Gasteiger partial charge in [-0.2, -0.15) is 0 Å². The molecule has 1 aromatic carbocycles. The molecule has 1 aromatic rings. The van der Waals surface area contributed by atoms with Crippen LogP contribution in [0.4, 0.5) is 0 Å². The summed E-state index contributed by atoms with van der Waals surface area (Å²) < 4.78 is 11.9. The molecule has 5 nitrogen and oxygen atoms in total. The third kappa shape index (κ3) is 3.01. The van der Waals surface area contributed by atoms with Crippen molar-refractivity contribution < 1.29 is 14.3 Å². The van der Waals surface area contributed by atoms with Crippen LogP contribution in [0.5, 0.6) is 11.5 Å². The molecular formula is C15H19BrN2O3. The zero-order valence-corrected chi connectivity index (χ0v) is 13.6. The molecule has 2 aliphatic heterocycles. The molecule has 3 rings (SSSR count). The maximum absolute atomic E-state index is 12.6. The molecular weight excluding hydrogens is 336 g/mol. The number of rotatable bonds is 3. The van der Waals surface area contributed by atoms with Gasteiger partial charge in [-0.15, -0.1) is 0 Å². The van der Waals surface area contributed by atoms with Crippen molar-refractivity contribution in [1.82, 2.24) is 10.2 Å². The third-order valence-corrected chi connectivity index (χ3v) is 4.50. The summed E-state index contributed by atoms with van der Waals surface area (Å²) in [5, 5.41) is 3.18. The Balaban J connectivity index is 1.78. The highest BCUT2D eigenvalue weighted by molar-refractivity contribution is 9.10. The molecule has 114 valence electrons. The second-order valence-corrected chi connectivity index (χ2v) is 6.30. The molecule has 0 aromatic heterocycles. The van der Waals surface area contributed by atoms with E-state index in [4.69, 9.17) is 9.47 Å². The Hall–Kier alpha value is -1.27. The van der Waals surface area contributed by atoms with Crippen LogP contribution in [0.15, 0.2) is 16.6 Å². The van der Waals surface area contributed by atoms with Gasteiger partial charge in [-0.3, -0.25) is 4.79 Å². The first-order valence-electron chi connectivity index (χ1n) is 7.22. The summed E-state index contributed by atoms with van der Waals surface area (Å²) in [6.45, 7) is 3.64. The van der Waals surface area contributed by atoms with Crippen molar-refractivity contribution in [2.45, 2.75) is 6.42 Å². The van der Waals surface area contributed by atoms with E-state index in [-0.39, 0.29) is 5.91 Å². The minimum atomic E-state index is 0.0614. The number of nitrogens with zero attached hydrogens (tertiary/aromatic N) is 1. The fourth-order valence-electron chi connectivity index (χ4n) is 2.89. The molecule has 0 radical (unpaired) electrons. The van der Waals surface area contributed by atoms with Gasteiger partial charge < -0.3 is 19.7 Å². The Morgan fingerprint density at radius 1 is 1.43 bits per heavy atom. The van der Waals surface area contributed by atoms with Gasteiger partial charge in [0, 0.05) is 18.7 Å². The lowest BCUT2D eigenvalue weighted by Crippen LogP contribution is -2.30. The SMILES string of the molecule is CNCC1CCN(C(=O)c2cc(Br)c3c(c2)OCCO3)C1. The van der Waals surface area contributed by atoms with Crippen molar-refractivity contribution in [3.63, 3.8) is 0 Å². The predicted molar refractivity (Wildman–Crippen MR) is 83.1 cm³/mol. The number of benzene rings is 1. The van der Waals surface area contributed by atoms with Gasteiger partial charge in [0.25, 0.3) is 5.91 Å². The summed E-state index contributed by atoms with van der Waals surface area (Å²) in [4.78, 5) is 14.5. The highest BCUT2D eigenvalue weighted by Crippen LogP contribution is 2.39. The minimum absolute atomic E-state index is 0.0614. The summed E-state index contributed by atoms with van der Waals surface area (Å²) in [7, 11) is 1.95. The van der Waals surface area contributed by atoms with E-state index in [1.54, 1.807) is 6.07 Å². The van der Waals surface area contributed by atoms with Crippen LogP contribution in [0.25, 0.3) is 0 Å². The standard InChI is InChI=1S/C15H19BrN2O3/c1-17-8-10-2-3-18(9-10)15(19)11-6-12(16)14-13(7-11)20-4-5-21-14/h6-7,10,17H,2-5,8-9H2,1H3. The molecule has 0 spiro atoms. The maximum Gasteiger partial charge on any atom is 0.254 e. The molecule has 6 heteroatoms. The number of nitrogens with one attached hydrogen (secondary N) is 1. The van der Waals surface area contributed by atoms with E-state index in [9.17, 15) is 4.79 Å². The topological polar surface area (TPSA) is 50.8 Å². The Bertz CT molecular complexity index is 550. The lowest BCUT2D eigenvalue weighted by molar-refractivity contribution is 0.0786. The van der Waals surface area contributed by atoms with Crippen LogP contribution in [0.2, 0.25) is 0 Å². The summed E-state index contributed by atoms with van der Waals surface area (Å²) in [6.07, 6.45) is 1.05. The van der Waals surface area contributed by atoms with Crippen LogP contribution in [0.3, 0.4) is 0 Å². The molecule has 1 saturated heterocycles. The van der Waals surface area contributed by atoms with E-state index >= 15 is 0 Å². The largest absolute Gasteiger partial charge is 0.486 e. The zero-order valence-electron chi connectivity index (χ0n) is 12.0. The van der Waals surface area contributed by atoms with Crippen LogP contribution < -0.4 is 14.8 Å². The van der Waals surface area contributed by atoms with Crippen LogP contribution in [0.1, 0.15) is 16.8 Å². The first kappa shape index (κ1) is 14.7. The zero-order chi connectivity index (χ0) is 14.8. The number of hydrogen-bond donors (Lipinski definition) is 1. The van der Waals surface area contributed by atoms with Gasteiger partial charge in [0.15, 0.2) is 11.5 Å². The summed E-state index contributed by atoms with van der Waals surface area (Å²) in [5.41, 5.74) is 0.649. The van der Waals surface area contributed by atoms with Gasteiger partial charge in [0.05, 0.1) is 4.47 Å². The molecule has 1 atom stereocenters. The second kappa shape index (κ2) is 6.23. The minimum Gasteiger partial charge on any atom is -0.486 e. The molecule has 2 aliphatic rings. The fraction of sp³-hybridized carbons (Fsp3) is 0.533. The Morgan fingerprint density at radius 2 is 2.24 bits per heavy atom. The third-order valence-electron chi connectivity index (χ3n) is 3.91. The van der Waals surface area contributed by atoms with E-state index < -0.39 is 0 Å². The normalized spacial score (nSPS) is 20.7. The second-order valence-electron chi connectivity index (χ2n) is 5.45. The summed E-state index contributed by atoms with van der Waals surface area (Å²) in [5.74, 6) is 1.93. The van der Waals surface area contributed by atoms with Gasteiger partial charge >= 0.3 is 0 Å². The molecule has 2 heterocycles. The number of likely N-dealkylation sites (tertiary alicyclic amines) is 1. The smallest absolute Gasteiger partial charge is 0.254 e. The number of ether oxygens (including phenoxy) is 2. The number of halogens is 1. The van der Waals surface area contributed by atoms with Crippen molar-refractivity contribution in [1.29, 1.82) is 0 Å². The molecule has 1 fully saturated rings. The van der Waals surface area contributed by atoms with Crippen molar-refractivity contribution in [3.8, 4) is 11.5 Å². The lowest BCUT2D eigenvalue weighted by atomic mass is 10.1. The van der Waals surface area contributed by atoms with Crippen LogP contribution >= 0.6 is 15.9 Å². The first-order valence-corrected chi connectivity index (χ1v) is 8.01. The highest BCUT2D eigenvalue weighted by atomic mass is 79.9. The molecule has 0 aliphatic carbocycles. The molecule has 1 amide bonds. The number of fused-ring (bicyclic) bond motifs is 1. The number of hydrogen-bond acceptors (Lipinski definition) is 4.